The van der Waals surface area contributed by atoms with Crippen LogP contribution >= 0.6 is 0 Å². The molecule has 0 bridgehead atoms. The smallest absolute Gasteiger partial charge is 0.376 e. The number of anilines is 2. The van der Waals surface area contributed by atoms with Gasteiger partial charge in [0.05, 0.1) is 5.56 Å². The van der Waals surface area contributed by atoms with Gasteiger partial charge in [0.1, 0.15) is 17.2 Å². The first-order valence-electron chi connectivity index (χ1n) is 8.11. The molecule has 1 heterocycles. The van der Waals surface area contributed by atoms with Crippen LogP contribution in [0.3, 0.4) is 0 Å². The highest BCUT2D eigenvalue weighted by Gasteiger charge is 2.38. The van der Waals surface area contributed by atoms with E-state index in [9.17, 15) is 27.2 Å². The molecule has 0 saturated heterocycles. The molecule has 0 radical (unpaired) electrons. The molecule has 3 rings (SSSR count). The summed E-state index contributed by atoms with van der Waals surface area (Å²) >= 11 is 0. The van der Waals surface area contributed by atoms with E-state index in [0.717, 1.165) is 6.07 Å². The summed E-state index contributed by atoms with van der Waals surface area (Å²) in [5.74, 6) is -2.95. The third-order valence-corrected chi connectivity index (χ3v) is 4.15. The van der Waals surface area contributed by atoms with E-state index in [1.54, 1.807) is 11.9 Å². The minimum atomic E-state index is -4.82. The normalized spacial score (nSPS) is 11.8. The van der Waals surface area contributed by atoms with Crippen molar-refractivity contribution in [3.05, 3.63) is 55.9 Å². The molecule has 0 spiro atoms. The molecule has 0 saturated carbocycles. The summed E-state index contributed by atoms with van der Waals surface area (Å²) in [6, 6.07) is 3.71. The summed E-state index contributed by atoms with van der Waals surface area (Å²) in [6.07, 6.45) is -4.82. The number of rotatable bonds is 6. The molecule has 0 aliphatic rings. The van der Waals surface area contributed by atoms with Crippen LogP contribution in [0.4, 0.5) is 28.9 Å². The van der Waals surface area contributed by atoms with E-state index >= 15 is 0 Å². The second-order valence-electron chi connectivity index (χ2n) is 5.98. The van der Waals surface area contributed by atoms with Gasteiger partial charge in [0.2, 0.25) is 5.82 Å². The van der Waals surface area contributed by atoms with Crippen molar-refractivity contribution in [3.63, 3.8) is 0 Å². The standard InChI is InChI=1S/C17H14F4N4O3/c1-3-25(2)12-11(13(26)14(12)27)22-7-8-4-5-9(10(18)6-8)15-23-16(28-24-15)17(19,20)21/h4-6,22H,3,7H2,1-2H3. The molecule has 1 aromatic heterocycles. The number of nitrogens with one attached hydrogen (secondary N) is 1. The van der Waals surface area contributed by atoms with Gasteiger partial charge in [0, 0.05) is 20.1 Å². The van der Waals surface area contributed by atoms with Crippen LogP contribution < -0.4 is 21.1 Å². The monoisotopic (exact) mass is 398 g/mol. The molecule has 3 aromatic rings. The molecule has 2 aromatic carbocycles. The summed E-state index contributed by atoms with van der Waals surface area (Å²) in [5, 5.41) is 5.93. The molecule has 0 aliphatic heterocycles. The van der Waals surface area contributed by atoms with Gasteiger partial charge in [-0.2, -0.15) is 18.2 Å². The van der Waals surface area contributed by atoms with E-state index < -0.39 is 34.6 Å². The van der Waals surface area contributed by atoms with Gasteiger partial charge in [-0.1, -0.05) is 11.2 Å². The molecule has 0 atom stereocenters. The van der Waals surface area contributed by atoms with Crippen LogP contribution in [-0.4, -0.2) is 23.7 Å². The van der Waals surface area contributed by atoms with Crippen molar-refractivity contribution in [2.75, 3.05) is 23.8 Å². The van der Waals surface area contributed by atoms with Gasteiger partial charge < -0.3 is 14.7 Å². The van der Waals surface area contributed by atoms with E-state index in [4.69, 9.17) is 0 Å². The third kappa shape index (κ3) is 3.47. The lowest BCUT2D eigenvalue weighted by Crippen LogP contribution is -2.41. The molecular formula is C17H14F4N4O3. The van der Waals surface area contributed by atoms with Crippen LogP contribution in [0.2, 0.25) is 0 Å². The lowest BCUT2D eigenvalue weighted by molar-refractivity contribution is -0.159. The first kappa shape index (κ1) is 19.5. The lowest BCUT2D eigenvalue weighted by atomic mass is 10.1. The summed E-state index contributed by atoms with van der Waals surface area (Å²) < 4.78 is 55.9. The van der Waals surface area contributed by atoms with Crippen LogP contribution in [0.1, 0.15) is 18.4 Å². The van der Waals surface area contributed by atoms with Crippen molar-refractivity contribution in [1.29, 1.82) is 0 Å². The molecule has 148 valence electrons. The maximum atomic E-state index is 14.3. The zero-order valence-corrected chi connectivity index (χ0v) is 14.7. The average Bonchev–Trinajstić information content (AvgIpc) is 3.14. The SMILES string of the molecule is CCN(C)c1c(NCc2ccc(-c3noc(C(F)(F)F)n3)c(F)c2)c(=O)c1=O. The van der Waals surface area contributed by atoms with Crippen molar-refractivity contribution < 1.29 is 22.1 Å². The molecule has 7 nitrogen and oxygen atoms in total. The van der Waals surface area contributed by atoms with Crippen molar-refractivity contribution in [3.8, 4) is 11.4 Å². The topological polar surface area (TPSA) is 88.3 Å². The van der Waals surface area contributed by atoms with Gasteiger partial charge in [0.15, 0.2) is 0 Å². The van der Waals surface area contributed by atoms with E-state index in [1.165, 1.54) is 12.1 Å². The quantitative estimate of drug-likeness (QED) is 0.504. The number of alkyl halides is 3. The number of aromatic nitrogens is 2. The molecule has 11 heteroatoms. The second-order valence-corrected chi connectivity index (χ2v) is 5.98. The fourth-order valence-corrected chi connectivity index (χ4v) is 2.55. The lowest BCUT2D eigenvalue weighted by Gasteiger charge is -2.22. The van der Waals surface area contributed by atoms with Crippen molar-refractivity contribution >= 4 is 11.4 Å². The van der Waals surface area contributed by atoms with Gasteiger partial charge in [0.25, 0.3) is 10.9 Å². The largest absolute Gasteiger partial charge is 0.471 e. The van der Waals surface area contributed by atoms with E-state index in [-0.39, 0.29) is 23.5 Å². The molecule has 0 amide bonds. The fraction of sp³-hybridized carbons (Fsp3) is 0.294. The van der Waals surface area contributed by atoms with Crippen molar-refractivity contribution in [2.24, 2.45) is 0 Å². The van der Waals surface area contributed by atoms with Crippen LogP contribution in [0, 0.1) is 5.82 Å². The molecule has 1 N–H and O–H groups in total. The summed E-state index contributed by atoms with van der Waals surface area (Å²) in [7, 11) is 1.66. The van der Waals surface area contributed by atoms with Crippen LogP contribution in [0.5, 0.6) is 0 Å². The Morgan fingerprint density at radius 2 is 1.93 bits per heavy atom. The highest BCUT2D eigenvalue weighted by Crippen LogP contribution is 2.30. The van der Waals surface area contributed by atoms with Gasteiger partial charge in [-0.05, 0) is 24.6 Å². The zero-order chi connectivity index (χ0) is 20.6. The molecule has 0 unspecified atom stereocenters. The first-order chi connectivity index (χ1) is 13.1. The van der Waals surface area contributed by atoms with Crippen LogP contribution in [0.25, 0.3) is 11.4 Å². The Balaban J connectivity index is 1.77. The fourth-order valence-electron chi connectivity index (χ4n) is 2.55. The Bertz CT molecular complexity index is 1080. The maximum Gasteiger partial charge on any atom is 0.471 e. The van der Waals surface area contributed by atoms with Gasteiger partial charge in [-0.3, -0.25) is 9.59 Å². The van der Waals surface area contributed by atoms with Crippen molar-refractivity contribution in [1.82, 2.24) is 10.1 Å². The highest BCUT2D eigenvalue weighted by atomic mass is 19.4. The summed E-state index contributed by atoms with van der Waals surface area (Å²) in [5.41, 5.74) is -0.699. The second kappa shape index (κ2) is 7.06. The van der Waals surface area contributed by atoms with Gasteiger partial charge >= 0.3 is 12.1 Å². The highest BCUT2D eigenvalue weighted by molar-refractivity contribution is 5.75. The van der Waals surface area contributed by atoms with E-state index in [0.29, 0.717) is 12.1 Å². The molecular weight excluding hydrogens is 384 g/mol. The van der Waals surface area contributed by atoms with Gasteiger partial charge in [-0.25, -0.2) is 4.39 Å². The Hall–Kier alpha value is -3.24. The number of hydrogen-bond acceptors (Lipinski definition) is 7. The number of nitrogens with zero attached hydrogens (tertiary/aromatic N) is 3. The number of halogens is 4. The third-order valence-electron chi connectivity index (χ3n) is 4.15. The molecule has 0 fully saturated rings. The Kier molecular flexibility index (Phi) is 4.92. The predicted octanol–water partition coefficient (Wildman–Crippen LogP) is 2.56. The Morgan fingerprint density at radius 1 is 1.21 bits per heavy atom. The van der Waals surface area contributed by atoms with E-state index in [2.05, 4.69) is 20.0 Å². The number of hydrogen-bond donors (Lipinski definition) is 1. The Labute approximate surface area is 155 Å². The summed E-state index contributed by atoms with van der Waals surface area (Å²) in [6.45, 7) is 2.37. The van der Waals surface area contributed by atoms with Gasteiger partial charge in [-0.15, -0.1) is 0 Å². The average molecular weight is 398 g/mol. The molecule has 28 heavy (non-hydrogen) atoms. The number of benzene rings is 1. The van der Waals surface area contributed by atoms with Crippen LogP contribution in [0.15, 0.2) is 32.3 Å². The summed E-state index contributed by atoms with van der Waals surface area (Å²) in [4.78, 5) is 28.1. The minimum absolute atomic E-state index is 0.0344. The maximum absolute atomic E-state index is 14.3. The van der Waals surface area contributed by atoms with Crippen molar-refractivity contribution in [2.45, 2.75) is 19.6 Å². The molecule has 0 aliphatic carbocycles. The Morgan fingerprint density at radius 3 is 2.50 bits per heavy atom. The predicted molar refractivity (Wildman–Crippen MR) is 92.3 cm³/mol. The van der Waals surface area contributed by atoms with E-state index in [1.807, 2.05) is 6.92 Å². The minimum Gasteiger partial charge on any atom is -0.376 e. The first-order valence-corrected chi connectivity index (χ1v) is 8.11. The zero-order valence-electron chi connectivity index (χ0n) is 14.7. The van der Waals surface area contributed by atoms with Crippen LogP contribution in [-0.2, 0) is 12.7 Å².